The molecular weight excluding hydrogens is 655 g/mol. The van der Waals surface area contributed by atoms with Crippen molar-refractivity contribution in [2.45, 2.75) is 49.2 Å². The Morgan fingerprint density at radius 3 is 2.14 bits per heavy atom. The molecule has 4 aromatic heterocycles. The summed E-state index contributed by atoms with van der Waals surface area (Å²) in [5.74, 6) is 0.0342. The Morgan fingerprint density at radius 2 is 1.50 bits per heavy atom. The molecule has 9 atom stereocenters. The summed E-state index contributed by atoms with van der Waals surface area (Å²) < 4.78 is 89.7. The van der Waals surface area contributed by atoms with Crippen molar-refractivity contribution in [3.05, 3.63) is 25.3 Å². The highest BCUT2D eigenvalue weighted by Crippen LogP contribution is 2.48. The molecule has 0 aromatic carbocycles. The number of aromatic nitrogens is 8. The molecule has 3 aliphatic heterocycles. The van der Waals surface area contributed by atoms with Crippen molar-refractivity contribution in [2.24, 2.45) is 0 Å². The van der Waals surface area contributed by atoms with Gasteiger partial charge < -0.3 is 34.9 Å². The molecule has 0 radical (unpaired) electrons. The Balaban J connectivity index is 1.20. The van der Waals surface area contributed by atoms with Crippen molar-refractivity contribution in [3.63, 3.8) is 0 Å². The average Bonchev–Trinajstić information content (AvgIpc) is 3.73. The Morgan fingerprint density at radius 1 is 0.909 bits per heavy atom. The van der Waals surface area contributed by atoms with E-state index < -0.39 is 79.4 Å². The second kappa shape index (κ2) is 10.8. The van der Waals surface area contributed by atoms with Crippen molar-refractivity contribution in [3.8, 4) is 0 Å². The van der Waals surface area contributed by atoms with E-state index in [1.807, 2.05) is 0 Å². The van der Waals surface area contributed by atoms with Gasteiger partial charge in [0.2, 0.25) is 0 Å². The maximum absolute atomic E-state index is 15.9. The Hall–Kier alpha value is -3.12. The summed E-state index contributed by atoms with van der Waals surface area (Å²) in [4.78, 5) is 37.2. The molecule has 236 valence electrons. The summed E-state index contributed by atoms with van der Waals surface area (Å²) in [5.41, 5.74) is 12.1. The highest BCUT2D eigenvalue weighted by atomic mass is 32.5. The molecule has 19 nitrogen and oxygen atoms in total. The number of alkyl halides is 2. The van der Waals surface area contributed by atoms with Gasteiger partial charge in [0.1, 0.15) is 48.7 Å². The fraction of sp³-hybridized carbons (Fsp3) is 0.500. The molecule has 4 aromatic rings. The van der Waals surface area contributed by atoms with Crippen molar-refractivity contribution in [1.82, 2.24) is 43.8 Å². The van der Waals surface area contributed by atoms with Crippen molar-refractivity contribution >= 4 is 62.8 Å². The number of hydrogen-bond acceptors (Lipinski definition) is 17. The van der Waals surface area contributed by atoms with E-state index in [2.05, 4.69) is 34.6 Å². The largest absolute Gasteiger partial charge is 0.780 e. The van der Waals surface area contributed by atoms with Crippen LogP contribution in [0.4, 0.5) is 20.4 Å². The first-order valence-electron chi connectivity index (χ1n) is 12.7. The van der Waals surface area contributed by atoms with Crippen LogP contribution in [0.5, 0.6) is 0 Å². The van der Waals surface area contributed by atoms with Crippen LogP contribution < -0.4 is 21.1 Å². The molecule has 1 unspecified atom stereocenters. The lowest BCUT2D eigenvalue weighted by Gasteiger charge is -2.33. The fourth-order valence-corrected chi connectivity index (χ4v) is 7.54. The lowest BCUT2D eigenvalue weighted by molar-refractivity contribution is -0.216. The molecule has 3 saturated heterocycles. The van der Waals surface area contributed by atoms with Crippen LogP contribution in [0.25, 0.3) is 22.3 Å². The van der Waals surface area contributed by atoms with Gasteiger partial charge in [0.15, 0.2) is 53.8 Å². The summed E-state index contributed by atoms with van der Waals surface area (Å²) >= 11 is 4.99. The van der Waals surface area contributed by atoms with E-state index in [0.717, 1.165) is 12.7 Å². The van der Waals surface area contributed by atoms with Crippen LogP contribution >= 0.6 is 6.72 Å². The van der Waals surface area contributed by atoms with Gasteiger partial charge >= 0.3 is 10.3 Å². The van der Waals surface area contributed by atoms with Crippen molar-refractivity contribution in [1.29, 1.82) is 0 Å². The summed E-state index contributed by atoms with van der Waals surface area (Å²) in [5, 5.41) is 0. The average molecular weight is 677 g/mol. The molecule has 3 aliphatic rings. The van der Waals surface area contributed by atoms with E-state index in [-0.39, 0.29) is 34.0 Å². The van der Waals surface area contributed by atoms with E-state index in [1.54, 1.807) is 0 Å². The van der Waals surface area contributed by atoms with Gasteiger partial charge in [0.25, 0.3) is 0 Å². The summed E-state index contributed by atoms with van der Waals surface area (Å²) in [6, 6.07) is 0. The van der Waals surface area contributed by atoms with Crippen molar-refractivity contribution < 1.29 is 44.8 Å². The third kappa shape index (κ3) is 5.07. The van der Waals surface area contributed by atoms with Gasteiger partial charge in [-0.15, -0.1) is 0 Å². The first-order chi connectivity index (χ1) is 20.9. The number of nitrogen functional groups attached to an aromatic ring is 2. The Bertz CT molecular complexity index is 1900. The van der Waals surface area contributed by atoms with Crippen LogP contribution in [0, 0.1) is 0 Å². The maximum atomic E-state index is 15.9. The number of anilines is 2. The zero-order chi connectivity index (χ0) is 31.0. The highest BCUT2D eigenvalue weighted by molar-refractivity contribution is 8.06. The van der Waals surface area contributed by atoms with Gasteiger partial charge in [-0.25, -0.2) is 42.9 Å². The number of rotatable bonds is 2. The molecule has 2 bridgehead atoms. The quantitative estimate of drug-likeness (QED) is 0.205. The zero-order valence-electron chi connectivity index (χ0n) is 21.9. The van der Waals surface area contributed by atoms with Crippen LogP contribution in [-0.4, -0.2) is 97.4 Å². The van der Waals surface area contributed by atoms with E-state index in [9.17, 15) is 13.3 Å². The van der Waals surface area contributed by atoms with Gasteiger partial charge in [-0.05, 0) is 0 Å². The van der Waals surface area contributed by atoms with Crippen LogP contribution in [0.2, 0.25) is 0 Å². The third-order valence-electron chi connectivity index (χ3n) is 7.20. The minimum Gasteiger partial charge on any atom is -0.780 e. The normalized spacial score (nSPS) is 36.1. The lowest BCUT2D eigenvalue weighted by atomic mass is 10.1. The number of imidazole rings is 2. The first kappa shape index (κ1) is 29.6. The maximum Gasteiger partial charge on any atom is 0.336 e. The van der Waals surface area contributed by atoms with Gasteiger partial charge in [0.05, 0.1) is 19.3 Å². The number of fused-ring (bicyclic) bond motifs is 5. The minimum atomic E-state index is -4.78. The van der Waals surface area contributed by atoms with Crippen LogP contribution in [0.1, 0.15) is 12.5 Å². The van der Waals surface area contributed by atoms with Gasteiger partial charge in [-0.3, -0.25) is 9.13 Å². The second-order valence-electron chi connectivity index (χ2n) is 9.86. The monoisotopic (exact) mass is 676 g/mol. The predicted molar refractivity (Wildman–Crippen MR) is 144 cm³/mol. The standard InChI is InChI=1S/C20H22F2N11O8PS2/c21-9-8-2-37-42(34,43)40-13-7(38-19(10(13)22)32-5-29-11-15(23)25-3-27-17(11)32)1-31-44(35,36)41-14(9)20(39-8)33-6-30-12-16(24)26-4-28-18(12)33/h3-10,13-14,19-20,31H,1-2H2,(H,34,43)(H2,23,25,27)(H2,24,26,28)/p-1/t7-,8-,9-,10-,13-,14-,19-,20-,42?/m1/s1. The molecule has 0 amide bonds. The van der Waals surface area contributed by atoms with E-state index in [1.165, 1.54) is 21.8 Å². The van der Waals surface area contributed by atoms with E-state index in [4.69, 9.17) is 46.0 Å². The van der Waals surface area contributed by atoms with Crippen LogP contribution in [0.15, 0.2) is 25.3 Å². The molecule has 0 aliphatic carbocycles. The van der Waals surface area contributed by atoms with Gasteiger partial charge in [-0.1, -0.05) is 11.8 Å². The smallest absolute Gasteiger partial charge is 0.336 e. The van der Waals surface area contributed by atoms with Crippen LogP contribution in [0.3, 0.4) is 0 Å². The lowest BCUT2D eigenvalue weighted by Crippen LogP contribution is -2.43. The van der Waals surface area contributed by atoms with Gasteiger partial charge in [0, 0.05) is 6.54 Å². The second-order valence-corrected chi connectivity index (χ2v) is 14.0. The fourth-order valence-electron chi connectivity index (χ4n) is 5.19. The number of nitrogens with two attached hydrogens (primary N) is 2. The summed E-state index contributed by atoms with van der Waals surface area (Å²) in [6.45, 7) is -6.03. The molecule has 44 heavy (non-hydrogen) atoms. The third-order valence-corrected chi connectivity index (χ3v) is 9.74. The summed E-state index contributed by atoms with van der Waals surface area (Å²) in [7, 11) is -4.78. The number of nitrogens with zero attached hydrogens (tertiary/aromatic N) is 8. The molecule has 0 spiro atoms. The predicted octanol–water partition coefficient (Wildman–Crippen LogP) is -1.48. The topological polar surface area (TPSA) is 255 Å². The summed E-state index contributed by atoms with van der Waals surface area (Å²) in [6.07, 6.45) is -9.15. The number of hydrogen-bond donors (Lipinski definition) is 3. The number of ether oxygens (including phenoxy) is 2. The number of nitrogens with one attached hydrogen (secondary N) is 1. The molecule has 7 heterocycles. The van der Waals surface area contributed by atoms with Gasteiger partial charge in [-0.2, -0.15) is 13.1 Å². The molecule has 5 N–H and O–H groups in total. The zero-order valence-corrected chi connectivity index (χ0v) is 24.4. The van der Waals surface area contributed by atoms with E-state index >= 15 is 8.78 Å². The van der Waals surface area contributed by atoms with Crippen molar-refractivity contribution in [2.75, 3.05) is 24.6 Å². The Kier molecular flexibility index (Phi) is 7.23. The molecular formula is C20H21F2N11O8PS2-. The van der Waals surface area contributed by atoms with E-state index in [0.29, 0.717) is 0 Å². The molecule has 3 fully saturated rings. The number of halogens is 2. The molecule has 0 saturated carbocycles. The molecule has 7 rings (SSSR count). The first-order valence-corrected chi connectivity index (χ1v) is 16.7. The SMILES string of the molecule is Nc1ncnc2c1ncn2[C@@H]1O[C@@H]2CNS(=O)(=O)O[C@@H]3[C@H](F)[C@@H](COP([O-])(=S)O[C@H]2[C@H]1F)O[C@H]3n1cnc2c(N)ncnc21. The van der Waals surface area contributed by atoms with Crippen LogP contribution in [-0.2, 0) is 44.8 Å². The highest BCUT2D eigenvalue weighted by Gasteiger charge is 2.52. The Labute approximate surface area is 250 Å². The molecule has 24 heteroatoms. The minimum absolute atomic E-state index is 0.0108.